The Bertz CT molecular complexity index is 413. The third kappa shape index (κ3) is 5.79. The Balaban J connectivity index is 2.40. The van der Waals surface area contributed by atoms with E-state index >= 15 is 0 Å². The topological polar surface area (TPSA) is 41.5 Å². The first kappa shape index (κ1) is 16.8. The standard InChI is InChI=1S/C14H20F3NO2/c1-9(2)12(19)5-6-18-8-10-3-4-13(11(15)7-10)20-14(16)17/h3-4,7,9,12,14,18-19H,5-6,8H2,1-2H3. The Labute approximate surface area is 116 Å². The predicted molar refractivity (Wildman–Crippen MR) is 70.2 cm³/mol. The van der Waals surface area contributed by atoms with E-state index in [0.717, 1.165) is 6.07 Å². The summed E-state index contributed by atoms with van der Waals surface area (Å²) in [5.74, 6) is -1.08. The number of aliphatic hydroxyl groups is 1. The van der Waals surface area contributed by atoms with Crippen molar-refractivity contribution in [1.82, 2.24) is 5.32 Å². The van der Waals surface area contributed by atoms with Crippen LogP contribution in [0.5, 0.6) is 5.75 Å². The van der Waals surface area contributed by atoms with Crippen LogP contribution >= 0.6 is 0 Å². The zero-order chi connectivity index (χ0) is 15.1. The average molecular weight is 291 g/mol. The molecule has 0 radical (unpaired) electrons. The summed E-state index contributed by atoms with van der Waals surface area (Å²) in [6, 6.07) is 3.86. The number of halogens is 3. The maximum absolute atomic E-state index is 13.4. The number of rotatable bonds is 8. The number of hydrogen-bond acceptors (Lipinski definition) is 3. The van der Waals surface area contributed by atoms with Crippen LogP contribution in [0, 0.1) is 11.7 Å². The van der Waals surface area contributed by atoms with Crippen molar-refractivity contribution in [1.29, 1.82) is 0 Å². The van der Waals surface area contributed by atoms with Gasteiger partial charge >= 0.3 is 6.61 Å². The van der Waals surface area contributed by atoms with Gasteiger partial charge in [0.05, 0.1) is 6.10 Å². The van der Waals surface area contributed by atoms with E-state index in [0.29, 0.717) is 25.1 Å². The van der Waals surface area contributed by atoms with Gasteiger partial charge in [-0.3, -0.25) is 0 Å². The molecule has 1 unspecified atom stereocenters. The molecule has 0 fully saturated rings. The molecule has 1 aromatic carbocycles. The predicted octanol–water partition coefficient (Wildman–Crippen LogP) is 2.92. The molecule has 1 rings (SSSR count). The van der Waals surface area contributed by atoms with Crippen molar-refractivity contribution in [2.45, 2.75) is 39.5 Å². The highest BCUT2D eigenvalue weighted by Crippen LogP contribution is 2.20. The van der Waals surface area contributed by atoms with Crippen LogP contribution in [0.4, 0.5) is 13.2 Å². The van der Waals surface area contributed by atoms with E-state index in [9.17, 15) is 18.3 Å². The second-order valence-electron chi connectivity index (χ2n) is 4.92. The molecular weight excluding hydrogens is 271 g/mol. The van der Waals surface area contributed by atoms with Crippen molar-refractivity contribution in [3.8, 4) is 5.75 Å². The maximum Gasteiger partial charge on any atom is 0.387 e. The third-order valence-electron chi connectivity index (χ3n) is 2.93. The molecule has 0 spiro atoms. The molecule has 0 heterocycles. The molecule has 0 saturated carbocycles. The molecule has 114 valence electrons. The van der Waals surface area contributed by atoms with E-state index in [1.807, 2.05) is 13.8 Å². The fourth-order valence-electron chi connectivity index (χ4n) is 1.66. The first-order valence-corrected chi connectivity index (χ1v) is 6.52. The molecule has 0 amide bonds. The number of aliphatic hydroxyl groups excluding tert-OH is 1. The third-order valence-corrected chi connectivity index (χ3v) is 2.93. The van der Waals surface area contributed by atoms with Crippen LogP contribution in [0.25, 0.3) is 0 Å². The van der Waals surface area contributed by atoms with Gasteiger partial charge in [0, 0.05) is 6.54 Å². The first-order valence-electron chi connectivity index (χ1n) is 6.52. The Kier molecular flexibility index (Phi) is 6.81. The van der Waals surface area contributed by atoms with Crippen molar-refractivity contribution in [2.24, 2.45) is 5.92 Å². The van der Waals surface area contributed by atoms with Gasteiger partial charge in [-0.05, 0) is 36.6 Å². The highest BCUT2D eigenvalue weighted by molar-refractivity contribution is 5.29. The van der Waals surface area contributed by atoms with Crippen LogP contribution < -0.4 is 10.1 Å². The number of hydrogen-bond donors (Lipinski definition) is 2. The van der Waals surface area contributed by atoms with Crippen molar-refractivity contribution < 1.29 is 23.0 Å². The summed E-state index contributed by atoms with van der Waals surface area (Å²) in [6.07, 6.45) is 0.230. The molecule has 0 aromatic heterocycles. The monoisotopic (exact) mass is 291 g/mol. The van der Waals surface area contributed by atoms with Crippen molar-refractivity contribution in [2.75, 3.05) is 6.54 Å². The summed E-state index contributed by atoms with van der Waals surface area (Å²) in [5, 5.41) is 12.7. The van der Waals surface area contributed by atoms with Crippen molar-refractivity contribution >= 4 is 0 Å². The average Bonchev–Trinajstić information content (AvgIpc) is 2.36. The van der Waals surface area contributed by atoms with E-state index < -0.39 is 18.2 Å². The molecule has 6 heteroatoms. The summed E-state index contributed by atoms with van der Waals surface area (Å²) >= 11 is 0. The lowest BCUT2D eigenvalue weighted by Gasteiger charge is -2.14. The lowest BCUT2D eigenvalue weighted by molar-refractivity contribution is -0.0522. The van der Waals surface area contributed by atoms with E-state index in [-0.39, 0.29) is 12.0 Å². The van der Waals surface area contributed by atoms with Gasteiger partial charge in [0.15, 0.2) is 11.6 Å². The van der Waals surface area contributed by atoms with Gasteiger partial charge in [0.1, 0.15) is 0 Å². The van der Waals surface area contributed by atoms with Gasteiger partial charge in [-0.1, -0.05) is 19.9 Å². The molecule has 1 aromatic rings. The van der Waals surface area contributed by atoms with Gasteiger partial charge < -0.3 is 15.2 Å². The van der Waals surface area contributed by atoms with E-state index in [1.165, 1.54) is 12.1 Å². The molecule has 20 heavy (non-hydrogen) atoms. The molecule has 0 aliphatic carbocycles. The molecular formula is C14H20F3NO2. The molecule has 2 N–H and O–H groups in total. The van der Waals surface area contributed by atoms with Crippen LogP contribution in [0.15, 0.2) is 18.2 Å². The molecule has 0 aliphatic heterocycles. The maximum atomic E-state index is 13.4. The van der Waals surface area contributed by atoms with Crippen molar-refractivity contribution in [3.05, 3.63) is 29.6 Å². The second kappa shape index (κ2) is 8.11. The summed E-state index contributed by atoms with van der Waals surface area (Å²) in [5.41, 5.74) is 0.628. The Morgan fingerprint density at radius 1 is 1.30 bits per heavy atom. The summed E-state index contributed by atoms with van der Waals surface area (Å²) in [7, 11) is 0. The van der Waals surface area contributed by atoms with E-state index in [2.05, 4.69) is 10.1 Å². The van der Waals surface area contributed by atoms with E-state index in [4.69, 9.17) is 0 Å². The normalized spacial score (nSPS) is 13.0. The zero-order valence-electron chi connectivity index (χ0n) is 11.6. The van der Waals surface area contributed by atoms with Crippen LogP contribution in [0.3, 0.4) is 0 Å². The summed E-state index contributed by atoms with van der Waals surface area (Å²) in [4.78, 5) is 0. The van der Waals surface area contributed by atoms with Crippen LogP contribution in [-0.2, 0) is 6.54 Å². The van der Waals surface area contributed by atoms with Crippen LogP contribution in [0.1, 0.15) is 25.8 Å². The largest absolute Gasteiger partial charge is 0.432 e. The SMILES string of the molecule is CC(C)C(O)CCNCc1ccc(OC(F)F)c(F)c1. The lowest BCUT2D eigenvalue weighted by Crippen LogP contribution is -2.23. The summed E-state index contributed by atoms with van der Waals surface area (Å²) in [6.45, 7) is 1.82. The quantitative estimate of drug-likeness (QED) is 0.724. The molecule has 0 aliphatic rings. The Morgan fingerprint density at radius 3 is 2.55 bits per heavy atom. The fourth-order valence-corrected chi connectivity index (χ4v) is 1.66. The van der Waals surface area contributed by atoms with Gasteiger partial charge in [0.25, 0.3) is 0 Å². The minimum absolute atomic E-state index is 0.194. The first-order chi connectivity index (χ1) is 9.40. The Hall–Kier alpha value is -1.27. The van der Waals surface area contributed by atoms with Gasteiger partial charge in [-0.15, -0.1) is 0 Å². The summed E-state index contributed by atoms with van der Waals surface area (Å²) < 4.78 is 41.4. The Morgan fingerprint density at radius 2 is 2.00 bits per heavy atom. The van der Waals surface area contributed by atoms with Gasteiger partial charge in [-0.25, -0.2) is 4.39 Å². The molecule has 3 nitrogen and oxygen atoms in total. The van der Waals surface area contributed by atoms with E-state index in [1.54, 1.807) is 0 Å². The number of benzene rings is 1. The second-order valence-corrected chi connectivity index (χ2v) is 4.92. The number of nitrogens with one attached hydrogen (secondary N) is 1. The minimum atomic E-state index is -3.04. The van der Waals surface area contributed by atoms with Crippen molar-refractivity contribution in [3.63, 3.8) is 0 Å². The van der Waals surface area contributed by atoms with Gasteiger partial charge in [-0.2, -0.15) is 8.78 Å². The highest BCUT2D eigenvalue weighted by Gasteiger charge is 2.11. The minimum Gasteiger partial charge on any atom is -0.432 e. The highest BCUT2D eigenvalue weighted by atomic mass is 19.3. The smallest absolute Gasteiger partial charge is 0.387 e. The molecule has 0 saturated heterocycles. The molecule has 1 atom stereocenters. The number of ether oxygens (including phenoxy) is 1. The molecule has 0 bridgehead atoms. The van der Waals surface area contributed by atoms with Crippen LogP contribution in [-0.4, -0.2) is 24.4 Å². The van der Waals surface area contributed by atoms with Gasteiger partial charge in [0.2, 0.25) is 0 Å². The zero-order valence-corrected chi connectivity index (χ0v) is 11.6. The van der Waals surface area contributed by atoms with Crippen LogP contribution in [0.2, 0.25) is 0 Å². The lowest BCUT2D eigenvalue weighted by atomic mass is 10.0. The fraction of sp³-hybridized carbons (Fsp3) is 0.571. The number of alkyl halides is 2.